The average Bonchev–Trinajstić information content (AvgIpc) is 3.21. The predicted molar refractivity (Wildman–Crippen MR) is 162 cm³/mol. The first kappa shape index (κ1) is 28.8. The molecule has 0 spiro atoms. The van der Waals surface area contributed by atoms with Crippen LogP contribution in [0, 0.1) is 58.2 Å². The molecule has 0 heterocycles. The van der Waals surface area contributed by atoms with E-state index in [1.54, 1.807) is 5.57 Å². The van der Waals surface area contributed by atoms with Crippen LogP contribution in [-0.2, 0) is 0 Å². The van der Waals surface area contributed by atoms with E-state index in [-0.39, 0.29) is 0 Å². The van der Waals surface area contributed by atoms with Crippen molar-refractivity contribution in [3.05, 3.63) is 35.5 Å². The van der Waals surface area contributed by atoms with E-state index in [2.05, 4.69) is 44.4 Å². The molecule has 40 heavy (non-hydrogen) atoms. The van der Waals surface area contributed by atoms with Crippen LogP contribution in [0.2, 0.25) is 0 Å². The number of hydrogen-bond acceptors (Lipinski definition) is 3. The van der Waals surface area contributed by atoms with Gasteiger partial charge in [0.05, 0.1) is 12.2 Å². The Hall–Kier alpha value is -1.34. The first-order valence-electron chi connectivity index (χ1n) is 16.6. The van der Waals surface area contributed by atoms with E-state index in [1.165, 1.54) is 64.2 Å². The average molecular weight is 547 g/mol. The second-order valence-corrected chi connectivity index (χ2v) is 16.0. The maximum Gasteiger partial charge on any atom is 0.123 e. The fraction of sp³-hybridized carbons (Fsp3) is 0.784. The van der Waals surface area contributed by atoms with Gasteiger partial charge in [-0.2, -0.15) is 0 Å². The summed E-state index contributed by atoms with van der Waals surface area (Å²) < 4.78 is 0. The van der Waals surface area contributed by atoms with Crippen LogP contribution in [0.1, 0.15) is 117 Å². The molecule has 7 atom stereocenters. The van der Waals surface area contributed by atoms with Gasteiger partial charge in [0.15, 0.2) is 0 Å². The van der Waals surface area contributed by atoms with Crippen molar-refractivity contribution in [3.8, 4) is 11.8 Å². The molecule has 220 valence electrons. The van der Waals surface area contributed by atoms with Gasteiger partial charge in [0.25, 0.3) is 0 Å². The van der Waals surface area contributed by atoms with E-state index < -0.39 is 17.8 Å². The zero-order valence-corrected chi connectivity index (χ0v) is 25.4. The SMILES string of the molecule is C=C1[C@H](O)CC(=CC=C2CCC[C@@]3(C)C2CC[C@@H]3[C@H](C)CC#CC(C)(O)CC23CC4CC(CC(C4)C2)C3)C[C@H]1O. The summed E-state index contributed by atoms with van der Waals surface area (Å²) in [7, 11) is 0. The van der Waals surface area contributed by atoms with Gasteiger partial charge in [0.2, 0.25) is 0 Å². The highest BCUT2D eigenvalue weighted by molar-refractivity contribution is 5.30. The van der Waals surface area contributed by atoms with Crippen molar-refractivity contribution in [1.82, 2.24) is 0 Å². The predicted octanol–water partition coefficient (Wildman–Crippen LogP) is 7.51. The van der Waals surface area contributed by atoms with Crippen molar-refractivity contribution in [2.45, 2.75) is 135 Å². The van der Waals surface area contributed by atoms with E-state index in [0.29, 0.717) is 47.0 Å². The third-order valence-corrected chi connectivity index (χ3v) is 12.7. The van der Waals surface area contributed by atoms with Crippen molar-refractivity contribution in [2.24, 2.45) is 46.3 Å². The third-order valence-electron chi connectivity index (χ3n) is 12.7. The van der Waals surface area contributed by atoms with E-state index in [9.17, 15) is 15.3 Å². The molecule has 3 nitrogen and oxygen atoms in total. The Morgan fingerprint density at radius 3 is 2.27 bits per heavy atom. The van der Waals surface area contributed by atoms with E-state index >= 15 is 0 Å². The second-order valence-electron chi connectivity index (χ2n) is 16.0. The molecule has 0 aliphatic heterocycles. The van der Waals surface area contributed by atoms with Crippen LogP contribution in [0.25, 0.3) is 0 Å². The maximum absolute atomic E-state index is 11.4. The van der Waals surface area contributed by atoms with Gasteiger partial charge < -0.3 is 15.3 Å². The molecular formula is C37H54O3. The van der Waals surface area contributed by atoms with Gasteiger partial charge in [-0.15, -0.1) is 0 Å². The number of fused-ring (bicyclic) bond motifs is 1. The van der Waals surface area contributed by atoms with Crippen LogP contribution in [0.4, 0.5) is 0 Å². The number of rotatable bonds is 5. The first-order chi connectivity index (χ1) is 19.0. The third kappa shape index (κ3) is 5.55. The van der Waals surface area contributed by atoms with Crippen LogP contribution in [0.15, 0.2) is 35.5 Å². The zero-order chi connectivity index (χ0) is 28.3. The number of aliphatic hydroxyl groups excluding tert-OH is 2. The van der Waals surface area contributed by atoms with Gasteiger partial charge in [-0.3, -0.25) is 0 Å². The molecule has 0 aromatic heterocycles. The number of hydrogen-bond donors (Lipinski definition) is 3. The van der Waals surface area contributed by atoms with Crippen LogP contribution >= 0.6 is 0 Å². The molecule has 7 aliphatic rings. The van der Waals surface area contributed by atoms with Gasteiger partial charge >= 0.3 is 0 Å². The normalized spacial score (nSPS) is 45.5. The molecule has 7 saturated carbocycles. The second kappa shape index (κ2) is 10.7. The van der Waals surface area contributed by atoms with Gasteiger partial charge in [-0.05, 0) is 149 Å². The van der Waals surface area contributed by atoms with E-state index in [4.69, 9.17) is 0 Å². The molecule has 0 aromatic rings. The molecule has 4 bridgehead atoms. The lowest BCUT2D eigenvalue weighted by Gasteiger charge is -2.58. The largest absolute Gasteiger partial charge is 0.388 e. The van der Waals surface area contributed by atoms with E-state index in [0.717, 1.165) is 42.6 Å². The molecule has 7 aliphatic carbocycles. The molecule has 7 rings (SSSR count). The summed E-state index contributed by atoms with van der Waals surface area (Å²) in [6.45, 7) is 10.8. The summed E-state index contributed by atoms with van der Waals surface area (Å²) in [5.41, 5.74) is 3.05. The summed E-state index contributed by atoms with van der Waals surface area (Å²) in [4.78, 5) is 0. The lowest BCUT2D eigenvalue weighted by molar-refractivity contribution is -0.0850. The van der Waals surface area contributed by atoms with E-state index in [1.807, 2.05) is 6.92 Å². The first-order valence-corrected chi connectivity index (χ1v) is 16.6. The minimum Gasteiger partial charge on any atom is -0.388 e. The Kier molecular flexibility index (Phi) is 7.72. The van der Waals surface area contributed by atoms with Crippen LogP contribution in [0.5, 0.6) is 0 Å². The summed E-state index contributed by atoms with van der Waals surface area (Å²) in [6.07, 6.45) is 20.7. The van der Waals surface area contributed by atoms with Gasteiger partial charge in [-0.25, -0.2) is 0 Å². The lowest BCUT2D eigenvalue weighted by Crippen LogP contribution is -2.49. The Bertz CT molecular complexity index is 1060. The van der Waals surface area contributed by atoms with Crippen molar-refractivity contribution < 1.29 is 15.3 Å². The topological polar surface area (TPSA) is 60.7 Å². The molecule has 2 unspecified atom stereocenters. The number of allylic oxidation sites excluding steroid dienone is 3. The van der Waals surface area contributed by atoms with Crippen LogP contribution in [-0.4, -0.2) is 33.1 Å². The Balaban J connectivity index is 1.08. The summed E-state index contributed by atoms with van der Waals surface area (Å²) >= 11 is 0. The molecule has 0 aromatic carbocycles. The molecule has 0 radical (unpaired) electrons. The molecule has 0 amide bonds. The minimum atomic E-state index is -0.867. The van der Waals surface area contributed by atoms with Crippen molar-refractivity contribution in [1.29, 1.82) is 0 Å². The fourth-order valence-corrected chi connectivity index (χ4v) is 11.5. The molecular weight excluding hydrogens is 492 g/mol. The molecule has 0 saturated heterocycles. The van der Waals surface area contributed by atoms with Crippen molar-refractivity contribution in [2.75, 3.05) is 0 Å². The maximum atomic E-state index is 11.4. The van der Waals surface area contributed by atoms with Gasteiger partial charge in [0.1, 0.15) is 5.60 Å². The molecule has 3 N–H and O–H groups in total. The highest BCUT2D eigenvalue weighted by Crippen LogP contribution is 2.62. The van der Waals surface area contributed by atoms with Crippen LogP contribution < -0.4 is 0 Å². The Morgan fingerprint density at radius 1 is 1.02 bits per heavy atom. The monoisotopic (exact) mass is 546 g/mol. The highest BCUT2D eigenvalue weighted by atomic mass is 16.3. The lowest BCUT2D eigenvalue weighted by atomic mass is 9.48. The Morgan fingerprint density at radius 2 is 1.65 bits per heavy atom. The minimum absolute atomic E-state index is 0.311. The standard InChI is InChI=1S/C37H54O3/c1-24(7-5-13-35(3,40)23-37-20-27-15-28(21-37)17-29(16-27)22-37)31-11-12-32-30(8-6-14-36(31,32)4)10-9-26-18-33(38)25(2)34(39)19-26/h9-10,24,27-29,31-34,38-40H,2,6-8,11-12,14-23H2,1,3-4H3/t24-,27?,28?,29?,31-,32?,33-,34-,35?,36-,37?/m1/s1. The smallest absolute Gasteiger partial charge is 0.123 e. The summed E-state index contributed by atoms with van der Waals surface area (Å²) in [6, 6.07) is 0. The van der Waals surface area contributed by atoms with Crippen molar-refractivity contribution in [3.63, 3.8) is 0 Å². The molecule has 7 fully saturated rings. The van der Waals surface area contributed by atoms with Gasteiger partial charge in [0, 0.05) is 6.42 Å². The highest BCUT2D eigenvalue weighted by Gasteiger charge is 2.53. The molecule has 3 heteroatoms. The zero-order valence-electron chi connectivity index (χ0n) is 25.4. The summed E-state index contributed by atoms with van der Waals surface area (Å²) in [5.74, 6) is 11.5. The van der Waals surface area contributed by atoms with Crippen LogP contribution in [0.3, 0.4) is 0 Å². The quantitative estimate of drug-likeness (QED) is 0.247. The van der Waals surface area contributed by atoms with Crippen molar-refractivity contribution >= 4 is 0 Å². The Labute approximate surface area is 243 Å². The summed E-state index contributed by atoms with van der Waals surface area (Å²) in [5, 5.41) is 31.9. The van der Waals surface area contributed by atoms with Gasteiger partial charge in [-0.1, -0.05) is 55.6 Å². The fourth-order valence-electron chi connectivity index (χ4n) is 11.5. The number of aliphatic hydroxyl groups is 3.